The first-order valence-electron chi connectivity index (χ1n) is 11.8. The van der Waals surface area contributed by atoms with Crippen LogP contribution in [0.15, 0.2) is 48.5 Å². The van der Waals surface area contributed by atoms with Crippen molar-refractivity contribution in [2.75, 3.05) is 24.0 Å². The molecule has 0 aliphatic carbocycles. The third-order valence-electron chi connectivity index (χ3n) is 5.16. The first kappa shape index (κ1) is 27.2. The van der Waals surface area contributed by atoms with Gasteiger partial charge < -0.3 is 19.8 Å². The second-order valence-corrected chi connectivity index (χ2v) is 9.70. The second-order valence-electron chi connectivity index (χ2n) is 9.70. The van der Waals surface area contributed by atoms with Crippen molar-refractivity contribution in [3.05, 3.63) is 54.1 Å². The Balaban J connectivity index is 2.18. The average Bonchev–Trinajstić information content (AvgIpc) is 2.79. The Hall–Kier alpha value is -3.06. The number of hydrogen-bond acceptors (Lipinski definition) is 7. The second kappa shape index (κ2) is 12.4. The number of hydrogen-bond donors (Lipinski definition) is 2. The normalized spacial score (nSPS) is 12.2. The molecule has 0 bridgehead atoms. The molecule has 0 unspecified atom stereocenters. The maximum atomic E-state index is 12.8. The van der Waals surface area contributed by atoms with Gasteiger partial charge in [0.05, 0.1) is 24.5 Å². The molecular formula is C27H39N3O4. The van der Waals surface area contributed by atoms with Crippen LogP contribution in [0.5, 0.6) is 5.75 Å². The predicted molar refractivity (Wildman–Crippen MR) is 137 cm³/mol. The van der Waals surface area contributed by atoms with Gasteiger partial charge in [0.1, 0.15) is 11.4 Å². The largest absolute Gasteiger partial charge is 0.497 e. The van der Waals surface area contributed by atoms with Gasteiger partial charge >= 0.3 is 5.97 Å². The van der Waals surface area contributed by atoms with E-state index in [1.165, 1.54) is 0 Å². The van der Waals surface area contributed by atoms with Crippen LogP contribution >= 0.6 is 0 Å². The molecule has 0 saturated carbocycles. The zero-order valence-electron chi connectivity index (χ0n) is 21.5. The van der Waals surface area contributed by atoms with Gasteiger partial charge in [-0.05, 0) is 69.9 Å². The van der Waals surface area contributed by atoms with Crippen molar-refractivity contribution in [3.63, 3.8) is 0 Å². The van der Waals surface area contributed by atoms with Crippen LogP contribution in [0.25, 0.3) is 0 Å². The van der Waals surface area contributed by atoms with E-state index < -0.39 is 23.4 Å². The Labute approximate surface area is 203 Å². The molecule has 34 heavy (non-hydrogen) atoms. The summed E-state index contributed by atoms with van der Waals surface area (Å²) in [4.78, 5) is 27.5. The number of ketones is 1. The van der Waals surface area contributed by atoms with Crippen LogP contribution in [-0.2, 0) is 20.9 Å². The number of esters is 1. The lowest BCUT2D eigenvalue weighted by Gasteiger charge is -2.28. The first-order valence-corrected chi connectivity index (χ1v) is 11.8. The van der Waals surface area contributed by atoms with Gasteiger partial charge in [-0.15, -0.1) is 0 Å². The van der Waals surface area contributed by atoms with Gasteiger partial charge in [0.15, 0.2) is 0 Å². The zero-order chi connectivity index (χ0) is 25.3. The Morgan fingerprint density at radius 3 is 2.24 bits per heavy atom. The summed E-state index contributed by atoms with van der Waals surface area (Å²) in [5.41, 5.74) is 8.53. The molecule has 0 amide bonds. The van der Waals surface area contributed by atoms with Crippen molar-refractivity contribution >= 4 is 23.1 Å². The minimum atomic E-state index is -0.824. The number of anilines is 2. The Kier molecular flexibility index (Phi) is 9.93. The van der Waals surface area contributed by atoms with E-state index in [-0.39, 0.29) is 5.92 Å². The monoisotopic (exact) mass is 469 g/mol. The van der Waals surface area contributed by atoms with Crippen LogP contribution in [0, 0.1) is 5.92 Å². The fourth-order valence-corrected chi connectivity index (χ4v) is 3.51. The molecule has 2 N–H and O–H groups in total. The lowest BCUT2D eigenvalue weighted by Crippen LogP contribution is -2.46. The lowest BCUT2D eigenvalue weighted by atomic mass is 10.0. The third-order valence-corrected chi connectivity index (χ3v) is 5.16. The van der Waals surface area contributed by atoms with Gasteiger partial charge in [-0.25, -0.2) is 10.2 Å². The van der Waals surface area contributed by atoms with E-state index in [0.717, 1.165) is 29.2 Å². The fraction of sp³-hybridized carbons (Fsp3) is 0.481. The summed E-state index contributed by atoms with van der Waals surface area (Å²) in [5, 5.41) is 0. The van der Waals surface area contributed by atoms with E-state index in [0.29, 0.717) is 13.0 Å². The van der Waals surface area contributed by atoms with E-state index in [1.807, 2.05) is 62.4 Å². The number of methoxy groups -OCH3 is 1. The van der Waals surface area contributed by atoms with E-state index >= 15 is 0 Å². The number of nitrogens with zero attached hydrogens (tertiary/aromatic N) is 1. The molecule has 0 saturated heterocycles. The Morgan fingerprint density at radius 2 is 1.68 bits per heavy atom. The third kappa shape index (κ3) is 8.37. The SMILES string of the molecule is CCN(Cc1ccc(OC)cc1)c1ccccc1NN[C@@H](CC(C)C)C(=O)C(=O)OC(C)(C)C. The van der Waals surface area contributed by atoms with Crippen LogP contribution in [0.3, 0.4) is 0 Å². The minimum Gasteiger partial charge on any atom is -0.497 e. The molecule has 1 atom stereocenters. The molecule has 0 aromatic heterocycles. The number of carbonyl (C=O) groups excluding carboxylic acids is 2. The number of nitrogens with one attached hydrogen (secondary N) is 2. The molecule has 2 rings (SSSR count). The molecule has 2 aromatic carbocycles. The van der Waals surface area contributed by atoms with Gasteiger partial charge in [0.2, 0.25) is 0 Å². The smallest absolute Gasteiger partial charge is 0.376 e. The summed E-state index contributed by atoms with van der Waals surface area (Å²) in [6, 6.07) is 15.2. The molecule has 0 aliphatic heterocycles. The van der Waals surface area contributed by atoms with E-state index in [2.05, 4.69) is 22.7 Å². The standard InChI is InChI=1S/C27H39N3O4/c1-8-30(18-20-13-15-21(33-7)16-14-20)24-12-10-9-11-22(24)28-29-23(17-19(2)3)25(31)26(32)34-27(4,5)6/h9-16,19,23,28-29H,8,17-18H2,1-7H3/t23-/m0/s1. The van der Waals surface area contributed by atoms with Crippen molar-refractivity contribution in [1.82, 2.24) is 5.43 Å². The summed E-state index contributed by atoms with van der Waals surface area (Å²) >= 11 is 0. The van der Waals surface area contributed by atoms with Gasteiger partial charge in [-0.1, -0.05) is 38.1 Å². The van der Waals surface area contributed by atoms with Gasteiger partial charge in [0, 0.05) is 13.1 Å². The number of benzene rings is 2. The predicted octanol–water partition coefficient (Wildman–Crippen LogP) is 4.96. The number of Topliss-reactive ketones (excluding diaryl/α,β-unsaturated/α-hetero) is 1. The Bertz CT molecular complexity index is 936. The zero-order valence-corrected chi connectivity index (χ0v) is 21.5. The number of para-hydroxylation sites is 2. The van der Waals surface area contributed by atoms with Crippen LogP contribution in [0.2, 0.25) is 0 Å². The number of ether oxygens (including phenoxy) is 2. The van der Waals surface area contributed by atoms with Crippen LogP contribution in [0.1, 0.15) is 53.5 Å². The van der Waals surface area contributed by atoms with Crippen molar-refractivity contribution in [2.24, 2.45) is 5.92 Å². The first-order chi connectivity index (χ1) is 16.0. The summed E-state index contributed by atoms with van der Waals surface area (Å²) in [5.74, 6) is -0.373. The fourth-order valence-electron chi connectivity index (χ4n) is 3.51. The van der Waals surface area contributed by atoms with Crippen LogP contribution in [-0.4, -0.2) is 37.0 Å². The molecule has 2 aromatic rings. The summed E-state index contributed by atoms with van der Waals surface area (Å²) in [6.07, 6.45) is 0.497. The van der Waals surface area contributed by atoms with E-state index in [1.54, 1.807) is 27.9 Å². The quantitative estimate of drug-likeness (QED) is 0.258. The maximum absolute atomic E-state index is 12.8. The van der Waals surface area contributed by atoms with Crippen LogP contribution < -0.4 is 20.5 Å². The summed E-state index contributed by atoms with van der Waals surface area (Å²) < 4.78 is 10.6. The molecule has 0 heterocycles. The van der Waals surface area contributed by atoms with Crippen molar-refractivity contribution in [3.8, 4) is 5.75 Å². The molecular weight excluding hydrogens is 430 g/mol. The molecule has 0 aliphatic rings. The average molecular weight is 470 g/mol. The molecule has 0 fully saturated rings. The van der Waals surface area contributed by atoms with Crippen molar-refractivity contribution in [1.29, 1.82) is 0 Å². The molecule has 0 spiro atoms. The Morgan fingerprint density at radius 1 is 1.03 bits per heavy atom. The molecule has 0 radical (unpaired) electrons. The highest BCUT2D eigenvalue weighted by molar-refractivity contribution is 6.35. The molecule has 7 heteroatoms. The van der Waals surface area contributed by atoms with Gasteiger partial charge in [-0.2, -0.15) is 0 Å². The number of carbonyl (C=O) groups is 2. The van der Waals surface area contributed by atoms with E-state index in [4.69, 9.17) is 9.47 Å². The van der Waals surface area contributed by atoms with Gasteiger partial charge in [-0.3, -0.25) is 4.79 Å². The van der Waals surface area contributed by atoms with Crippen LogP contribution in [0.4, 0.5) is 11.4 Å². The molecule has 7 nitrogen and oxygen atoms in total. The number of hydrazine groups is 1. The maximum Gasteiger partial charge on any atom is 0.376 e. The number of rotatable bonds is 12. The minimum absolute atomic E-state index is 0.211. The van der Waals surface area contributed by atoms with Gasteiger partial charge in [0.25, 0.3) is 5.78 Å². The highest BCUT2D eigenvalue weighted by atomic mass is 16.6. The van der Waals surface area contributed by atoms with Crippen molar-refractivity contribution < 1.29 is 19.1 Å². The highest BCUT2D eigenvalue weighted by Crippen LogP contribution is 2.27. The summed E-state index contributed by atoms with van der Waals surface area (Å²) in [6.45, 7) is 12.9. The summed E-state index contributed by atoms with van der Waals surface area (Å²) in [7, 11) is 1.66. The van der Waals surface area contributed by atoms with Crippen molar-refractivity contribution in [2.45, 2.75) is 66.2 Å². The lowest BCUT2D eigenvalue weighted by molar-refractivity contribution is -0.163. The topological polar surface area (TPSA) is 79.9 Å². The highest BCUT2D eigenvalue weighted by Gasteiger charge is 2.30. The van der Waals surface area contributed by atoms with E-state index in [9.17, 15) is 9.59 Å². The molecule has 186 valence electrons.